The van der Waals surface area contributed by atoms with Crippen molar-refractivity contribution in [1.82, 2.24) is 0 Å². The molecule has 0 spiro atoms. The van der Waals surface area contributed by atoms with Gasteiger partial charge in [-0.05, 0) is 57.4 Å². The van der Waals surface area contributed by atoms with Crippen molar-refractivity contribution in [1.29, 1.82) is 0 Å². The monoisotopic (exact) mass is 258 g/mol. The largest absolute Gasteiger partial charge is 0.483 e. The second kappa shape index (κ2) is 4.52. The van der Waals surface area contributed by atoms with Crippen LogP contribution in [0.15, 0.2) is 6.08 Å². The minimum atomic E-state index is -0.285. The molecule has 0 amide bonds. The standard InChI is InChI=1S/C17H22O2/c1-7-14(18)15-10(2)11(3)16-13(12(15)4)8-9-17(5,6)19-16/h8-9H,7H2,1-6H3. The summed E-state index contributed by atoms with van der Waals surface area (Å²) in [4.78, 5) is 12.2. The molecule has 0 unspecified atom stereocenters. The highest BCUT2D eigenvalue weighted by Crippen LogP contribution is 2.39. The van der Waals surface area contributed by atoms with Gasteiger partial charge in [0.1, 0.15) is 11.4 Å². The minimum Gasteiger partial charge on any atom is -0.483 e. The van der Waals surface area contributed by atoms with Gasteiger partial charge in [0.05, 0.1) is 0 Å². The molecule has 2 heteroatoms. The van der Waals surface area contributed by atoms with E-state index in [-0.39, 0.29) is 11.4 Å². The number of carbonyl (C=O) groups excluding carboxylic acids is 1. The Balaban J connectivity index is 2.74. The predicted molar refractivity (Wildman–Crippen MR) is 79.0 cm³/mol. The number of Topliss-reactive ketones (excluding diaryl/α,β-unsaturated/α-hetero) is 1. The Morgan fingerprint density at radius 2 is 1.79 bits per heavy atom. The zero-order valence-electron chi connectivity index (χ0n) is 12.7. The molecule has 1 aliphatic heterocycles. The third kappa shape index (κ3) is 2.20. The van der Waals surface area contributed by atoms with Crippen LogP contribution in [0, 0.1) is 20.8 Å². The van der Waals surface area contributed by atoms with Crippen molar-refractivity contribution >= 4 is 11.9 Å². The van der Waals surface area contributed by atoms with Gasteiger partial charge in [0.15, 0.2) is 5.78 Å². The fourth-order valence-electron chi connectivity index (χ4n) is 2.65. The molecule has 1 aromatic rings. The summed E-state index contributed by atoms with van der Waals surface area (Å²) < 4.78 is 6.08. The summed E-state index contributed by atoms with van der Waals surface area (Å²) >= 11 is 0. The summed E-state index contributed by atoms with van der Waals surface area (Å²) in [5, 5.41) is 0. The molecule has 0 atom stereocenters. The lowest BCUT2D eigenvalue weighted by Gasteiger charge is -2.31. The first-order valence-electron chi connectivity index (χ1n) is 6.83. The molecule has 0 aliphatic carbocycles. The van der Waals surface area contributed by atoms with E-state index in [4.69, 9.17) is 4.74 Å². The van der Waals surface area contributed by atoms with Crippen LogP contribution in [0.3, 0.4) is 0 Å². The summed E-state index contributed by atoms with van der Waals surface area (Å²) in [6.45, 7) is 12.1. The van der Waals surface area contributed by atoms with E-state index < -0.39 is 0 Å². The SMILES string of the molecule is CCC(=O)c1c(C)c(C)c2c(c1C)C=CC(C)(C)O2. The Labute approximate surface area is 115 Å². The number of ketones is 1. The number of ether oxygens (including phenoxy) is 1. The Morgan fingerprint density at radius 3 is 2.37 bits per heavy atom. The van der Waals surface area contributed by atoms with Gasteiger partial charge in [-0.1, -0.05) is 13.0 Å². The molecule has 1 aromatic carbocycles. The fourth-order valence-corrected chi connectivity index (χ4v) is 2.65. The van der Waals surface area contributed by atoms with Gasteiger partial charge in [-0.25, -0.2) is 0 Å². The molecule has 0 bridgehead atoms. The molecule has 2 rings (SSSR count). The summed E-state index contributed by atoms with van der Waals surface area (Å²) in [6.07, 6.45) is 4.68. The quantitative estimate of drug-likeness (QED) is 0.735. The van der Waals surface area contributed by atoms with Crippen LogP contribution in [-0.2, 0) is 0 Å². The normalized spacial score (nSPS) is 15.9. The van der Waals surface area contributed by atoms with E-state index in [0.29, 0.717) is 6.42 Å². The van der Waals surface area contributed by atoms with E-state index in [1.807, 2.05) is 41.5 Å². The van der Waals surface area contributed by atoms with Gasteiger partial charge in [0, 0.05) is 17.5 Å². The van der Waals surface area contributed by atoms with Crippen molar-refractivity contribution in [3.63, 3.8) is 0 Å². The summed E-state index contributed by atoms with van der Waals surface area (Å²) in [6, 6.07) is 0. The van der Waals surface area contributed by atoms with E-state index in [1.165, 1.54) is 0 Å². The molecule has 0 radical (unpaired) electrons. The van der Waals surface area contributed by atoms with Gasteiger partial charge in [0.2, 0.25) is 0 Å². The molecular weight excluding hydrogens is 236 g/mol. The first kappa shape index (κ1) is 13.9. The van der Waals surface area contributed by atoms with Crippen molar-refractivity contribution in [3.8, 4) is 5.75 Å². The molecule has 102 valence electrons. The van der Waals surface area contributed by atoms with Crippen LogP contribution in [0.4, 0.5) is 0 Å². The lowest BCUT2D eigenvalue weighted by molar-refractivity contribution is 0.0986. The maximum atomic E-state index is 12.2. The highest BCUT2D eigenvalue weighted by molar-refractivity contribution is 6.00. The number of hydrogen-bond acceptors (Lipinski definition) is 2. The van der Waals surface area contributed by atoms with Crippen LogP contribution in [0.1, 0.15) is 59.8 Å². The van der Waals surface area contributed by atoms with Gasteiger partial charge in [-0.15, -0.1) is 0 Å². The number of hydrogen-bond donors (Lipinski definition) is 0. The molecule has 0 saturated carbocycles. The molecule has 0 fully saturated rings. The van der Waals surface area contributed by atoms with Crippen LogP contribution < -0.4 is 4.74 Å². The molecule has 19 heavy (non-hydrogen) atoms. The van der Waals surface area contributed by atoms with E-state index in [0.717, 1.165) is 33.6 Å². The Bertz CT molecular complexity index is 578. The first-order valence-corrected chi connectivity index (χ1v) is 6.83. The highest BCUT2D eigenvalue weighted by atomic mass is 16.5. The van der Waals surface area contributed by atoms with Gasteiger partial charge >= 0.3 is 0 Å². The third-order valence-electron chi connectivity index (χ3n) is 3.92. The zero-order chi connectivity index (χ0) is 14.4. The van der Waals surface area contributed by atoms with Crippen LogP contribution in [0.5, 0.6) is 5.75 Å². The summed E-state index contributed by atoms with van der Waals surface area (Å²) in [5.41, 5.74) is 4.80. The van der Waals surface area contributed by atoms with E-state index >= 15 is 0 Å². The Morgan fingerprint density at radius 1 is 1.16 bits per heavy atom. The number of rotatable bonds is 2. The number of carbonyl (C=O) groups is 1. The first-order chi connectivity index (χ1) is 8.78. The van der Waals surface area contributed by atoms with E-state index in [1.54, 1.807) is 0 Å². The fraction of sp³-hybridized carbons (Fsp3) is 0.471. The smallest absolute Gasteiger partial charge is 0.163 e. The molecule has 0 aromatic heterocycles. The maximum absolute atomic E-state index is 12.2. The molecular formula is C17H22O2. The average Bonchev–Trinajstić information content (AvgIpc) is 2.35. The zero-order valence-corrected chi connectivity index (χ0v) is 12.7. The van der Waals surface area contributed by atoms with Crippen molar-refractivity contribution in [2.24, 2.45) is 0 Å². The van der Waals surface area contributed by atoms with Crippen molar-refractivity contribution in [2.75, 3.05) is 0 Å². The molecule has 0 saturated heterocycles. The molecule has 0 N–H and O–H groups in total. The van der Waals surface area contributed by atoms with Crippen molar-refractivity contribution in [3.05, 3.63) is 33.9 Å². The topological polar surface area (TPSA) is 26.3 Å². The van der Waals surface area contributed by atoms with Gasteiger partial charge < -0.3 is 4.74 Å². The van der Waals surface area contributed by atoms with Gasteiger partial charge in [0.25, 0.3) is 0 Å². The number of benzene rings is 1. The van der Waals surface area contributed by atoms with Crippen molar-refractivity contribution in [2.45, 2.75) is 53.6 Å². The predicted octanol–water partition coefficient (Wildman–Crippen LogP) is 4.39. The highest BCUT2D eigenvalue weighted by Gasteiger charge is 2.27. The summed E-state index contributed by atoms with van der Waals surface area (Å²) in [5.74, 6) is 1.13. The van der Waals surface area contributed by atoms with Crippen LogP contribution in [0.25, 0.3) is 6.08 Å². The average molecular weight is 258 g/mol. The van der Waals surface area contributed by atoms with Gasteiger partial charge in [-0.3, -0.25) is 4.79 Å². The van der Waals surface area contributed by atoms with Gasteiger partial charge in [-0.2, -0.15) is 0 Å². The Hall–Kier alpha value is -1.57. The second-order valence-electron chi connectivity index (χ2n) is 5.81. The van der Waals surface area contributed by atoms with E-state index in [2.05, 4.69) is 12.2 Å². The van der Waals surface area contributed by atoms with Crippen LogP contribution >= 0.6 is 0 Å². The van der Waals surface area contributed by atoms with Crippen LogP contribution in [0.2, 0.25) is 0 Å². The minimum absolute atomic E-state index is 0.208. The molecule has 2 nitrogen and oxygen atoms in total. The van der Waals surface area contributed by atoms with Crippen molar-refractivity contribution < 1.29 is 9.53 Å². The lowest BCUT2D eigenvalue weighted by Crippen LogP contribution is -2.29. The summed E-state index contributed by atoms with van der Waals surface area (Å²) in [7, 11) is 0. The molecule has 1 aliphatic rings. The second-order valence-corrected chi connectivity index (χ2v) is 5.81. The molecule has 1 heterocycles. The number of fused-ring (bicyclic) bond motifs is 1. The third-order valence-corrected chi connectivity index (χ3v) is 3.92. The van der Waals surface area contributed by atoms with Crippen LogP contribution in [-0.4, -0.2) is 11.4 Å². The Kier molecular flexibility index (Phi) is 3.29. The lowest BCUT2D eigenvalue weighted by atomic mass is 9.87. The maximum Gasteiger partial charge on any atom is 0.163 e. The van der Waals surface area contributed by atoms with E-state index in [9.17, 15) is 4.79 Å².